The van der Waals surface area contributed by atoms with Gasteiger partial charge in [0.2, 0.25) is 0 Å². The summed E-state index contributed by atoms with van der Waals surface area (Å²) >= 11 is 1.43. The fraction of sp³-hybridized carbons (Fsp3) is 0.462. The number of likely N-dealkylation sites (tertiary alicyclic amines) is 2. The molecule has 2 aromatic carbocycles. The van der Waals surface area contributed by atoms with Gasteiger partial charge in [-0.05, 0) is 68.7 Å². The van der Waals surface area contributed by atoms with Crippen LogP contribution in [0.5, 0.6) is 0 Å². The van der Waals surface area contributed by atoms with E-state index in [1.54, 1.807) is 35.2 Å². The zero-order valence-corrected chi connectivity index (χ0v) is 21.8. The topological polar surface area (TPSA) is 86.8 Å². The summed E-state index contributed by atoms with van der Waals surface area (Å²) in [5.74, 6) is -0.299. The van der Waals surface area contributed by atoms with E-state index in [2.05, 4.69) is 4.72 Å². The number of hydrogen-bond acceptors (Lipinski definition) is 5. The summed E-state index contributed by atoms with van der Waals surface area (Å²) in [6.45, 7) is 2.73. The van der Waals surface area contributed by atoms with E-state index >= 15 is 0 Å². The van der Waals surface area contributed by atoms with Gasteiger partial charge in [-0.2, -0.15) is 0 Å². The molecule has 0 saturated carbocycles. The first-order chi connectivity index (χ1) is 16.9. The molecule has 2 aliphatic rings. The Morgan fingerprint density at radius 3 is 1.91 bits per heavy atom. The van der Waals surface area contributed by atoms with Crippen LogP contribution in [0.2, 0.25) is 0 Å². The first-order valence-corrected chi connectivity index (χ1v) is 15.0. The van der Waals surface area contributed by atoms with E-state index in [-0.39, 0.29) is 22.4 Å². The lowest BCUT2D eigenvalue weighted by Gasteiger charge is -2.27. The minimum Gasteiger partial charge on any atom is -0.339 e. The van der Waals surface area contributed by atoms with Gasteiger partial charge in [0.1, 0.15) is 0 Å². The van der Waals surface area contributed by atoms with Crippen molar-refractivity contribution < 1.29 is 18.0 Å². The summed E-state index contributed by atoms with van der Waals surface area (Å²) in [6.07, 6.45) is 9.01. The van der Waals surface area contributed by atoms with Crippen molar-refractivity contribution in [2.24, 2.45) is 0 Å². The Bertz CT molecular complexity index is 1170. The minimum absolute atomic E-state index is 0.00805. The largest absolute Gasteiger partial charge is 0.339 e. The van der Waals surface area contributed by atoms with Gasteiger partial charge in [0.25, 0.3) is 21.8 Å². The molecule has 0 spiro atoms. The number of amides is 2. The molecule has 0 atom stereocenters. The van der Waals surface area contributed by atoms with E-state index in [9.17, 15) is 18.0 Å². The Kier molecular flexibility index (Phi) is 8.38. The van der Waals surface area contributed by atoms with Gasteiger partial charge in [-0.15, -0.1) is 11.8 Å². The van der Waals surface area contributed by atoms with Crippen molar-refractivity contribution in [3.8, 4) is 0 Å². The van der Waals surface area contributed by atoms with E-state index in [0.717, 1.165) is 49.8 Å². The van der Waals surface area contributed by atoms with Crippen molar-refractivity contribution in [2.75, 3.05) is 37.2 Å². The van der Waals surface area contributed by atoms with Crippen molar-refractivity contribution in [3.05, 3.63) is 53.6 Å². The first kappa shape index (κ1) is 25.6. The summed E-state index contributed by atoms with van der Waals surface area (Å²) < 4.78 is 29.4. The molecule has 2 aromatic rings. The van der Waals surface area contributed by atoms with Crippen molar-refractivity contribution in [3.63, 3.8) is 0 Å². The summed E-state index contributed by atoms with van der Waals surface area (Å²) in [6, 6.07) is 11.4. The minimum atomic E-state index is -4.02. The number of carbonyl (C=O) groups is 2. The van der Waals surface area contributed by atoms with Crippen LogP contribution in [0.3, 0.4) is 0 Å². The molecule has 2 fully saturated rings. The van der Waals surface area contributed by atoms with Crippen LogP contribution in [0.25, 0.3) is 0 Å². The smallest absolute Gasteiger partial charge is 0.261 e. The van der Waals surface area contributed by atoms with Crippen LogP contribution >= 0.6 is 11.8 Å². The predicted molar refractivity (Wildman–Crippen MR) is 140 cm³/mol. The zero-order valence-electron chi connectivity index (χ0n) is 20.2. The van der Waals surface area contributed by atoms with Crippen LogP contribution in [0.4, 0.5) is 5.69 Å². The molecular formula is C26H33N3O4S2. The summed E-state index contributed by atoms with van der Waals surface area (Å²) in [4.78, 5) is 30.8. The number of benzene rings is 2. The van der Waals surface area contributed by atoms with Crippen LogP contribution in [-0.2, 0) is 10.0 Å². The third-order valence-corrected chi connectivity index (χ3v) is 8.81. The van der Waals surface area contributed by atoms with Gasteiger partial charge in [0.05, 0.1) is 21.7 Å². The van der Waals surface area contributed by atoms with Crippen LogP contribution in [-0.4, -0.2) is 62.5 Å². The van der Waals surface area contributed by atoms with Gasteiger partial charge < -0.3 is 9.80 Å². The summed E-state index contributed by atoms with van der Waals surface area (Å²) in [5.41, 5.74) is 0.983. The maximum absolute atomic E-state index is 13.4. The van der Waals surface area contributed by atoms with Gasteiger partial charge >= 0.3 is 0 Å². The Morgan fingerprint density at radius 1 is 0.771 bits per heavy atom. The van der Waals surface area contributed by atoms with Crippen molar-refractivity contribution >= 4 is 39.3 Å². The van der Waals surface area contributed by atoms with E-state index in [1.165, 1.54) is 23.9 Å². The van der Waals surface area contributed by atoms with Gasteiger partial charge in [-0.25, -0.2) is 8.42 Å². The molecule has 0 aromatic heterocycles. The molecule has 0 bridgehead atoms. The average Bonchev–Trinajstić information content (AvgIpc) is 3.18. The number of para-hydroxylation sites is 1. The van der Waals surface area contributed by atoms with Crippen molar-refractivity contribution in [1.29, 1.82) is 0 Å². The van der Waals surface area contributed by atoms with Gasteiger partial charge in [-0.3, -0.25) is 14.3 Å². The SMILES string of the molecule is CSc1ccc(S(=O)(=O)Nc2ccccc2C(=O)N2CCCCC2)cc1C(=O)N1CCCCCC1. The maximum atomic E-state index is 13.4. The number of piperidine rings is 1. The van der Waals surface area contributed by atoms with Crippen LogP contribution in [0, 0.1) is 0 Å². The monoisotopic (exact) mass is 515 g/mol. The molecule has 188 valence electrons. The second-order valence-corrected chi connectivity index (χ2v) is 11.6. The molecule has 35 heavy (non-hydrogen) atoms. The number of thioether (sulfide) groups is 1. The molecule has 2 aliphatic heterocycles. The first-order valence-electron chi connectivity index (χ1n) is 12.3. The molecule has 0 radical (unpaired) electrons. The molecule has 1 N–H and O–H groups in total. The Morgan fingerprint density at radius 2 is 1.31 bits per heavy atom. The molecule has 2 amide bonds. The number of nitrogens with one attached hydrogen (secondary N) is 1. The third kappa shape index (κ3) is 6.01. The van der Waals surface area contributed by atoms with Crippen LogP contribution < -0.4 is 4.72 Å². The van der Waals surface area contributed by atoms with E-state index in [0.29, 0.717) is 37.3 Å². The maximum Gasteiger partial charge on any atom is 0.261 e. The Balaban J connectivity index is 1.61. The summed E-state index contributed by atoms with van der Waals surface area (Å²) in [7, 11) is -4.02. The third-order valence-electron chi connectivity index (χ3n) is 6.65. The lowest BCUT2D eigenvalue weighted by molar-refractivity contribution is 0.0724. The highest BCUT2D eigenvalue weighted by Gasteiger charge is 2.26. The predicted octanol–water partition coefficient (Wildman–Crippen LogP) is 4.85. The lowest BCUT2D eigenvalue weighted by Crippen LogP contribution is -2.36. The number of nitrogens with zero attached hydrogens (tertiary/aromatic N) is 2. The van der Waals surface area contributed by atoms with E-state index < -0.39 is 10.0 Å². The van der Waals surface area contributed by atoms with Crippen molar-refractivity contribution in [2.45, 2.75) is 54.7 Å². The van der Waals surface area contributed by atoms with Crippen LogP contribution in [0.1, 0.15) is 65.7 Å². The van der Waals surface area contributed by atoms with Gasteiger partial charge in [-0.1, -0.05) is 25.0 Å². The molecular weight excluding hydrogens is 482 g/mol. The molecule has 7 nitrogen and oxygen atoms in total. The normalized spacial score (nSPS) is 17.1. The molecule has 4 rings (SSSR count). The van der Waals surface area contributed by atoms with E-state index in [1.807, 2.05) is 11.2 Å². The van der Waals surface area contributed by atoms with E-state index in [4.69, 9.17) is 0 Å². The number of hydrogen-bond donors (Lipinski definition) is 1. The number of rotatable bonds is 6. The number of anilines is 1. The fourth-order valence-corrected chi connectivity index (χ4v) is 6.37. The van der Waals surface area contributed by atoms with Crippen molar-refractivity contribution in [1.82, 2.24) is 9.80 Å². The van der Waals surface area contributed by atoms with Crippen LogP contribution in [0.15, 0.2) is 52.3 Å². The molecule has 0 unspecified atom stereocenters. The molecule has 2 heterocycles. The standard InChI is InChI=1S/C26H33N3O4S2/c1-34-24-14-13-20(19-22(24)26(31)29-15-7-2-3-8-16-29)35(32,33)27-23-12-6-5-11-21(23)25(30)28-17-9-4-10-18-28/h5-6,11-14,19,27H,2-4,7-10,15-18H2,1H3. The second kappa shape index (κ2) is 11.5. The zero-order chi connectivity index (χ0) is 24.8. The highest BCUT2D eigenvalue weighted by Crippen LogP contribution is 2.28. The van der Waals surface area contributed by atoms with Gasteiger partial charge in [0, 0.05) is 31.1 Å². The Hall–Kier alpha value is -2.52. The average molecular weight is 516 g/mol. The lowest BCUT2D eigenvalue weighted by atomic mass is 10.1. The summed E-state index contributed by atoms with van der Waals surface area (Å²) in [5, 5.41) is 0. The molecule has 2 saturated heterocycles. The fourth-order valence-electron chi connectivity index (χ4n) is 4.70. The van der Waals surface area contributed by atoms with Gasteiger partial charge in [0.15, 0.2) is 0 Å². The molecule has 9 heteroatoms. The number of sulfonamides is 1. The second-order valence-electron chi connectivity index (χ2n) is 9.07. The highest BCUT2D eigenvalue weighted by atomic mass is 32.2. The number of carbonyl (C=O) groups excluding carboxylic acids is 2. The Labute approximate surface area is 212 Å². The molecule has 0 aliphatic carbocycles. The highest BCUT2D eigenvalue weighted by molar-refractivity contribution is 7.98. The quantitative estimate of drug-likeness (QED) is 0.556.